The molecule has 1 atom stereocenters. The highest BCUT2D eigenvalue weighted by Gasteiger charge is 2.32. The van der Waals surface area contributed by atoms with Crippen molar-refractivity contribution >= 4 is 26.7 Å². The SMILES string of the molecule is Brc1c2c(cc3ccccc13)C(NC1CC1)CO2. The van der Waals surface area contributed by atoms with E-state index in [0.717, 1.165) is 16.8 Å². The number of nitrogens with one attached hydrogen (secondary N) is 1. The quantitative estimate of drug-likeness (QED) is 0.911. The number of ether oxygens (including phenoxy) is 1. The number of benzene rings is 2. The minimum Gasteiger partial charge on any atom is -0.490 e. The van der Waals surface area contributed by atoms with Gasteiger partial charge in [-0.25, -0.2) is 0 Å². The molecule has 0 spiro atoms. The minimum absolute atomic E-state index is 0.355. The van der Waals surface area contributed by atoms with Crippen molar-refractivity contribution in [2.24, 2.45) is 0 Å². The molecule has 2 nitrogen and oxygen atoms in total. The van der Waals surface area contributed by atoms with Crippen LogP contribution in [0.3, 0.4) is 0 Å². The van der Waals surface area contributed by atoms with Gasteiger partial charge in [0.25, 0.3) is 0 Å². The van der Waals surface area contributed by atoms with Gasteiger partial charge in [0.2, 0.25) is 0 Å². The smallest absolute Gasteiger partial charge is 0.139 e. The molecule has 0 amide bonds. The maximum absolute atomic E-state index is 5.87. The van der Waals surface area contributed by atoms with Crippen LogP contribution in [0.25, 0.3) is 10.8 Å². The molecule has 2 aromatic carbocycles. The van der Waals surface area contributed by atoms with Gasteiger partial charge in [-0.15, -0.1) is 0 Å². The van der Waals surface area contributed by atoms with Gasteiger partial charge in [-0.2, -0.15) is 0 Å². The number of hydrogen-bond acceptors (Lipinski definition) is 2. The van der Waals surface area contributed by atoms with Gasteiger partial charge in [0.1, 0.15) is 12.4 Å². The Kier molecular flexibility index (Phi) is 2.39. The first-order chi connectivity index (χ1) is 8.83. The van der Waals surface area contributed by atoms with Gasteiger partial charge in [-0.3, -0.25) is 0 Å². The first-order valence-corrected chi connectivity index (χ1v) is 7.22. The van der Waals surface area contributed by atoms with Crippen LogP contribution in [-0.2, 0) is 0 Å². The number of halogens is 1. The van der Waals surface area contributed by atoms with Gasteiger partial charge in [0.05, 0.1) is 10.5 Å². The Morgan fingerprint density at radius 2 is 2.06 bits per heavy atom. The van der Waals surface area contributed by atoms with Gasteiger partial charge >= 0.3 is 0 Å². The number of hydrogen-bond donors (Lipinski definition) is 1. The van der Waals surface area contributed by atoms with E-state index < -0.39 is 0 Å². The van der Waals surface area contributed by atoms with Crippen molar-refractivity contribution in [3.8, 4) is 5.75 Å². The lowest BCUT2D eigenvalue weighted by molar-refractivity contribution is 0.309. The Morgan fingerprint density at radius 1 is 1.22 bits per heavy atom. The fraction of sp³-hybridized carbons (Fsp3) is 0.333. The van der Waals surface area contributed by atoms with Crippen LogP contribution in [-0.4, -0.2) is 12.6 Å². The third-order valence-corrected chi connectivity index (χ3v) is 4.54. The average molecular weight is 304 g/mol. The highest BCUT2D eigenvalue weighted by atomic mass is 79.9. The zero-order valence-corrected chi connectivity index (χ0v) is 11.5. The summed E-state index contributed by atoms with van der Waals surface area (Å²) in [4.78, 5) is 0. The second kappa shape index (κ2) is 3.97. The fourth-order valence-electron chi connectivity index (χ4n) is 2.64. The minimum atomic E-state index is 0.355. The summed E-state index contributed by atoms with van der Waals surface area (Å²) in [5, 5.41) is 6.15. The largest absolute Gasteiger partial charge is 0.490 e. The molecular formula is C15H14BrNO. The predicted molar refractivity (Wildman–Crippen MR) is 76.0 cm³/mol. The van der Waals surface area contributed by atoms with E-state index in [1.54, 1.807) is 0 Å². The zero-order valence-electron chi connectivity index (χ0n) is 9.95. The Hall–Kier alpha value is -1.06. The highest BCUT2D eigenvalue weighted by molar-refractivity contribution is 9.10. The van der Waals surface area contributed by atoms with Crippen molar-refractivity contribution in [3.05, 3.63) is 40.4 Å². The molecular weight excluding hydrogens is 290 g/mol. The van der Waals surface area contributed by atoms with E-state index in [2.05, 4.69) is 51.6 Å². The van der Waals surface area contributed by atoms with Gasteiger partial charge in [-0.05, 0) is 45.6 Å². The van der Waals surface area contributed by atoms with Crippen molar-refractivity contribution in [2.45, 2.75) is 24.9 Å². The lowest BCUT2D eigenvalue weighted by Gasteiger charge is -2.11. The highest BCUT2D eigenvalue weighted by Crippen LogP contribution is 2.44. The Bertz CT molecular complexity index is 621. The van der Waals surface area contributed by atoms with E-state index in [4.69, 9.17) is 4.74 Å². The van der Waals surface area contributed by atoms with Gasteiger partial charge in [-0.1, -0.05) is 24.3 Å². The van der Waals surface area contributed by atoms with E-state index in [1.165, 1.54) is 29.2 Å². The monoisotopic (exact) mass is 303 g/mol. The van der Waals surface area contributed by atoms with Crippen LogP contribution in [0.1, 0.15) is 24.4 Å². The molecule has 0 bridgehead atoms. The summed E-state index contributed by atoms with van der Waals surface area (Å²) in [6, 6.07) is 11.8. The van der Waals surface area contributed by atoms with Crippen molar-refractivity contribution in [1.29, 1.82) is 0 Å². The van der Waals surface area contributed by atoms with E-state index in [1.807, 2.05) is 0 Å². The summed E-state index contributed by atoms with van der Waals surface area (Å²) in [5.74, 6) is 1.02. The van der Waals surface area contributed by atoms with E-state index in [-0.39, 0.29) is 0 Å². The van der Waals surface area contributed by atoms with E-state index >= 15 is 0 Å². The number of fused-ring (bicyclic) bond motifs is 2. The lowest BCUT2D eigenvalue weighted by atomic mass is 10.0. The summed E-state index contributed by atoms with van der Waals surface area (Å²) < 4.78 is 6.96. The maximum atomic E-state index is 5.87. The molecule has 1 fully saturated rings. The van der Waals surface area contributed by atoms with Crippen molar-refractivity contribution in [1.82, 2.24) is 5.32 Å². The topological polar surface area (TPSA) is 21.3 Å². The molecule has 1 heterocycles. The predicted octanol–water partition coefficient (Wildman–Crippen LogP) is 3.79. The van der Waals surface area contributed by atoms with Crippen LogP contribution in [0.4, 0.5) is 0 Å². The van der Waals surface area contributed by atoms with Crippen LogP contribution in [0.15, 0.2) is 34.8 Å². The number of rotatable bonds is 2. The lowest BCUT2D eigenvalue weighted by Crippen LogP contribution is -2.24. The third kappa shape index (κ3) is 1.65. The molecule has 1 saturated carbocycles. The molecule has 1 aliphatic heterocycles. The summed E-state index contributed by atoms with van der Waals surface area (Å²) >= 11 is 3.69. The first-order valence-electron chi connectivity index (χ1n) is 6.43. The van der Waals surface area contributed by atoms with Crippen LogP contribution in [0, 0.1) is 0 Å². The second-order valence-corrected chi connectivity index (χ2v) is 5.93. The molecule has 0 radical (unpaired) electrons. The summed E-state index contributed by atoms with van der Waals surface area (Å²) in [5.41, 5.74) is 1.30. The van der Waals surface area contributed by atoms with Crippen molar-refractivity contribution in [2.75, 3.05) is 6.61 Å². The normalized spacial score (nSPS) is 21.9. The van der Waals surface area contributed by atoms with E-state index in [0.29, 0.717) is 12.1 Å². The van der Waals surface area contributed by atoms with Gasteiger partial charge in [0.15, 0.2) is 0 Å². The zero-order chi connectivity index (χ0) is 12.1. The van der Waals surface area contributed by atoms with Crippen molar-refractivity contribution < 1.29 is 4.74 Å². The summed E-state index contributed by atoms with van der Waals surface area (Å²) in [7, 11) is 0. The molecule has 0 aromatic heterocycles. The first kappa shape index (κ1) is 10.8. The molecule has 92 valence electrons. The Labute approximate surface area is 114 Å². The summed E-state index contributed by atoms with van der Waals surface area (Å²) in [6.07, 6.45) is 2.61. The van der Waals surface area contributed by atoms with Crippen LogP contribution < -0.4 is 10.1 Å². The molecule has 2 aromatic rings. The summed E-state index contributed by atoms with van der Waals surface area (Å²) in [6.45, 7) is 0.751. The Morgan fingerprint density at radius 3 is 2.89 bits per heavy atom. The standard InChI is InChI=1S/C15H14BrNO/c16-14-11-4-2-1-3-9(11)7-12-13(8-18-15(12)14)17-10-5-6-10/h1-4,7,10,13,17H,5-6,8H2. The van der Waals surface area contributed by atoms with E-state index in [9.17, 15) is 0 Å². The fourth-order valence-corrected chi connectivity index (χ4v) is 3.34. The molecule has 18 heavy (non-hydrogen) atoms. The molecule has 1 unspecified atom stereocenters. The Balaban J connectivity index is 1.85. The molecule has 4 rings (SSSR count). The molecule has 1 N–H and O–H groups in total. The van der Waals surface area contributed by atoms with Crippen molar-refractivity contribution in [3.63, 3.8) is 0 Å². The van der Waals surface area contributed by atoms with Crippen LogP contribution >= 0.6 is 15.9 Å². The average Bonchev–Trinajstić information content (AvgIpc) is 3.12. The molecule has 0 saturated heterocycles. The van der Waals surface area contributed by atoms with Gasteiger partial charge < -0.3 is 10.1 Å². The van der Waals surface area contributed by atoms with Gasteiger partial charge in [0, 0.05) is 11.6 Å². The maximum Gasteiger partial charge on any atom is 0.139 e. The molecule has 2 aliphatic rings. The van der Waals surface area contributed by atoms with Crippen LogP contribution in [0.5, 0.6) is 5.75 Å². The molecule has 3 heteroatoms. The second-order valence-electron chi connectivity index (χ2n) is 5.13. The third-order valence-electron chi connectivity index (χ3n) is 3.75. The molecule has 1 aliphatic carbocycles. The van der Waals surface area contributed by atoms with Crippen LogP contribution in [0.2, 0.25) is 0 Å².